The monoisotopic (exact) mass is 81.1 g/mol. The Bertz CT molecular complexity index is 97.8. The molecule has 1 heterocycles. The van der Waals surface area contributed by atoms with E-state index in [1.165, 1.54) is 0 Å². The van der Waals surface area contributed by atoms with Crippen molar-refractivity contribution < 1.29 is 4.58 Å². The Kier molecular flexibility index (Phi) is 0.748. The van der Waals surface area contributed by atoms with Gasteiger partial charge in [0.15, 0.2) is 0 Å². The normalized spacial score (nSPS) is 18.5. The highest BCUT2D eigenvalue weighted by atomic mass is 14.9. The maximum atomic E-state index is 3.04. The van der Waals surface area contributed by atoms with Crippen molar-refractivity contribution in [3.05, 3.63) is 12.3 Å². The van der Waals surface area contributed by atoms with E-state index < -0.39 is 0 Å². The van der Waals surface area contributed by atoms with Crippen LogP contribution in [0.1, 0.15) is 6.42 Å². The molecule has 1 rings (SSSR count). The second-order valence-electron chi connectivity index (χ2n) is 1.36. The summed E-state index contributed by atoms with van der Waals surface area (Å²) in [5.41, 5.74) is 0. The van der Waals surface area contributed by atoms with Crippen LogP contribution in [0.2, 0.25) is 0 Å². The fourth-order valence-corrected chi connectivity index (χ4v) is 0.460. The maximum Gasteiger partial charge on any atom is 0.104 e. The van der Waals surface area contributed by atoms with Crippen molar-refractivity contribution in [2.45, 2.75) is 6.42 Å². The Labute approximate surface area is 37.6 Å². The third kappa shape index (κ3) is 0.482. The second-order valence-corrected chi connectivity index (χ2v) is 1.36. The molecule has 6 heavy (non-hydrogen) atoms. The lowest BCUT2D eigenvalue weighted by Gasteiger charge is -1.83. The van der Waals surface area contributed by atoms with Gasteiger partial charge >= 0.3 is 0 Å². The van der Waals surface area contributed by atoms with Crippen LogP contribution in [0.3, 0.4) is 0 Å². The molecule has 1 nitrogen and oxygen atoms in total. The highest BCUT2D eigenvalue weighted by Crippen LogP contribution is 1.85. The van der Waals surface area contributed by atoms with Gasteiger partial charge in [-0.3, -0.25) is 0 Å². The van der Waals surface area contributed by atoms with E-state index >= 15 is 0 Å². The summed E-state index contributed by atoms with van der Waals surface area (Å²) in [4.78, 5) is 0. The first-order chi connectivity index (χ1) is 2.89. The molecule has 1 aliphatic rings. The highest BCUT2D eigenvalue weighted by Gasteiger charge is 1.80. The van der Waals surface area contributed by atoms with Gasteiger partial charge in [-0.1, -0.05) is 0 Å². The lowest BCUT2D eigenvalue weighted by molar-refractivity contribution is -0.413. The Morgan fingerprint density at radius 3 is 2.83 bits per heavy atom. The first kappa shape index (κ1) is 3.59. The van der Waals surface area contributed by atoms with Gasteiger partial charge in [0.1, 0.15) is 7.05 Å². The van der Waals surface area contributed by atoms with Gasteiger partial charge in [0, 0.05) is 12.4 Å². The van der Waals surface area contributed by atoms with Crippen LogP contribution in [0, 0.1) is 0 Å². The summed E-state index contributed by atoms with van der Waals surface area (Å²) in [5, 5.41) is 0. The van der Waals surface area contributed by atoms with Crippen LogP contribution < -0.4 is 0 Å². The van der Waals surface area contributed by atoms with E-state index in [2.05, 4.69) is 12.3 Å². The van der Waals surface area contributed by atoms with Crippen LogP contribution in [0.15, 0.2) is 12.3 Å². The van der Waals surface area contributed by atoms with Gasteiger partial charge in [0.05, 0.1) is 0 Å². The molecule has 0 aromatic heterocycles. The first-order valence-corrected chi connectivity index (χ1v) is 2.02. The molecule has 0 N–H and O–H groups in total. The van der Waals surface area contributed by atoms with Gasteiger partial charge in [0.2, 0.25) is 0 Å². The summed E-state index contributed by atoms with van der Waals surface area (Å²) >= 11 is 0. The van der Waals surface area contributed by atoms with Crippen molar-refractivity contribution in [2.24, 2.45) is 0 Å². The van der Waals surface area contributed by atoms with E-state index in [4.69, 9.17) is 0 Å². The second kappa shape index (κ2) is 1.25. The third-order valence-electron chi connectivity index (χ3n) is 0.788. The molecule has 0 saturated heterocycles. The molecule has 0 bridgehead atoms. The van der Waals surface area contributed by atoms with Crippen LogP contribution in [-0.4, -0.2) is 17.8 Å². The van der Waals surface area contributed by atoms with Crippen LogP contribution >= 0.6 is 0 Å². The summed E-state index contributed by atoms with van der Waals surface area (Å²) < 4.78 is 1.93. The molecule has 0 spiro atoms. The molecule has 0 amide bonds. The lowest BCUT2D eigenvalue weighted by Crippen LogP contribution is -1.88. The van der Waals surface area contributed by atoms with Gasteiger partial charge < -0.3 is 4.58 Å². The Morgan fingerprint density at radius 2 is 2.67 bits per heavy atom. The fraction of sp³-hybridized carbons (Fsp3) is 0.400. The lowest BCUT2D eigenvalue weighted by atomic mass is 10.5. The van der Waals surface area contributed by atoms with Crippen LogP contribution in [0.5, 0.6) is 0 Å². The van der Waals surface area contributed by atoms with Gasteiger partial charge in [-0.25, -0.2) is 0 Å². The Balaban J connectivity index is 2.68. The first-order valence-electron chi connectivity index (χ1n) is 2.02. The molecule has 0 aromatic rings. The number of hydrogen-bond acceptors (Lipinski definition) is 0. The molecule has 0 saturated carbocycles. The molecule has 32 valence electrons. The Hall–Kier alpha value is -0.590. The molecule has 0 fully saturated rings. The summed E-state index contributed by atoms with van der Waals surface area (Å²) in [5.74, 6) is 0. The topological polar surface area (TPSA) is 3.01 Å². The van der Waals surface area contributed by atoms with Crippen molar-refractivity contribution in [2.75, 3.05) is 7.05 Å². The van der Waals surface area contributed by atoms with Crippen LogP contribution in [0.4, 0.5) is 0 Å². The molecule has 0 unspecified atom stereocenters. The molecule has 0 aromatic carbocycles. The molecular weight excluding hydrogens is 74.1 g/mol. The van der Waals surface area contributed by atoms with Crippen molar-refractivity contribution in [3.63, 3.8) is 0 Å². The summed E-state index contributed by atoms with van der Waals surface area (Å²) in [6.45, 7) is 0. The quantitative estimate of drug-likeness (QED) is 0.295. The molecular formula is C5H7N. The van der Waals surface area contributed by atoms with Gasteiger partial charge in [-0.05, 0) is 6.42 Å². The van der Waals surface area contributed by atoms with Crippen molar-refractivity contribution in [3.8, 4) is 0 Å². The number of rotatable bonds is 0. The minimum atomic E-state index is 0.983. The molecule has 0 aliphatic carbocycles. The van der Waals surface area contributed by atoms with E-state index in [0.29, 0.717) is 0 Å². The fourth-order valence-electron chi connectivity index (χ4n) is 0.460. The predicted octanol–water partition coefficient (Wildman–Crippen LogP) is 0.494. The summed E-state index contributed by atoms with van der Waals surface area (Å²) in [6.07, 6.45) is 8.09. The zero-order valence-electron chi connectivity index (χ0n) is 3.81. The predicted molar refractivity (Wildman–Crippen MR) is 24.9 cm³/mol. The molecule has 1 heteroatoms. The SMILES string of the molecule is C[N+]1=[C-]CC=C1. The zero-order chi connectivity index (χ0) is 4.41. The number of hydrogen-bond donors (Lipinski definition) is 0. The van der Waals surface area contributed by atoms with Crippen LogP contribution in [0.25, 0.3) is 0 Å². The number of nitrogens with zero attached hydrogens (tertiary/aromatic N) is 1. The third-order valence-corrected chi connectivity index (χ3v) is 0.788. The average Bonchev–Trinajstić information content (AvgIpc) is 1.86. The van der Waals surface area contributed by atoms with Crippen molar-refractivity contribution in [1.29, 1.82) is 0 Å². The summed E-state index contributed by atoms with van der Waals surface area (Å²) in [7, 11) is 1.98. The average molecular weight is 81.1 g/mol. The van der Waals surface area contributed by atoms with E-state index in [-0.39, 0.29) is 0 Å². The van der Waals surface area contributed by atoms with E-state index in [1.54, 1.807) is 0 Å². The minimum Gasteiger partial charge on any atom is -0.373 e. The van der Waals surface area contributed by atoms with E-state index in [9.17, 15) is 0 Å². The minimum absolute atomic E-state index is 0.983. The van der Waals surface area contributed by atoms with Gasteiger partial charge in [0.25, 0.3) is 0 Å². The smallest absolute Gasteiger partial charge is 0.104 e. The summed E-state index contributed by atoms with van der Waals surface area (Å²) in [6, 6.07) is 0. The molecule has 0 radical (unpaired) electrons. The Morgan fingerprint density at radius 1 is 1.83 bits per heavy atom. The van der Waals surface area contributed by atoms with E-state index in [1.807, 2.05) is 17.8 Å². The van der Waals surface area contributed by atoms with Crippen molar-refractivity contribution in [1.82, 2.24) is 0 Å². The highest BCUT2D eigenvalue weighted by molar-refractivity contribution is 5.55. The van der Waals surface area contributed by atoms with Gasteiger partial charge in [-0.15, -0.1) is 6.08 Å². The standard InChI is InChI=1S/C5H7N/c1-6-4-2-3-5-6/h2,4H,3H2,1H3. The number of allylic oxidation sites excluding steroid dienone is 1. The molecule has 0 atom stereocenters. The maximum absolute atomic E-state index is 3.04. The van der Waals surface area contributed by atoms with Crippen LogP contribution in [-0.2, 0) is 0 Å². The largest absolute Gasteiger partial charge is 0.373 e. The molecule has 1 aliphatic heterocycles. The van der Waals surface area contributed by atoms with E-state index in [0.717, 1.165) is 6.42 Å². The zero-order valence-corrected chi connectivity index (χ0v) is 3.81. The van der Waals surface area contributed by atoms with Crippen molar-refractivity contribution >= 4 is 6.21 Å². The van der Waals surface area contributed by atoms with Gasteiger partial charge in [-0.2, -0.15) is 0 Å².